The van der Waals surface area contributed by atoms with E-state index in [1.165, 1.54) is 38.5 Å². The highest BCUT2D eigenvalue weighted by Gasteiger charge is 2.53. The van der Waals surface area contributed by atoms with E-state index in [1.807, 2.05) is 6.92 Å². The largest absolute Gasteiger partial charge is 0.358 e. The maximum atomic E-state index is 11.7. The van der Waals surface area contributed by atoms with Crippen molar-refractivity contribution in [3.05, 3.63) is 0 Å². The summed E-state index contributed by atoms with van der Waals surface area (Å²) in [6.45, 7) is 4.29. The Morgan fingerprint density at radius 2 is 1.53 bits per heavy atom. The third-order valence-electron chi connectivity index (χ3n) is 6.14. The fourth-order valence-corrected chi connectivity index (χ4v) is 5.55. The first kappa shape index (κ1) is 13.4. The van der Waals surface area contributed by atoms with Crippen molar-refractivity contribution in [1.29, 1.82) is 0 Å². The van der Waals surface area contributed by atoms with Crippen LogP contribution in [0.3, 0.4) is 0 Å². The zero-order valence-electron chi connectivity index (χ0n) is 12.5. The molecule has 0 radical (unpaired) electrons. The van der Waals surface area contributed by atoms with E-state index in [4.69, 9.17) is 0 Å². The van der Waals surface area contributed by atoms with Gasteiger partial charge in [-0.3, -0.25) is 4.79 Å². The van der Waals surface area contributed by atoms with E-state index in [1.54, 1.807) is 7.05 Å². The minimum Gasteiger partial charge on any atom is -0.358 e. The van der Waals surface area contributed by atoms with E-state index in [0.29, 0.717) is 11.5 Å². The molecule has 2 atom stereocenters. The normalized spacial score (nSPS) is 43.0. The van der Waals surface area contributed by atoms with Crippen molar-refractivity contribution < 1.29 is 4.79 Å². The van der Waals surface area contributed by atoms with Crippen LogP contribution in [-0.2, 0) is 4.79 Å². The number of carbonyl (C=O) groups is 1. The lowest BCUT2D eigenvalue weighted by Gasteiger charge is -2.59. The summed E-state index contributed by atoms with van der Waals surface area (Å²) in [5.74, 6) is 3.04. The van der Waals surface area contributed by atoms with Gasteiger partial charge in [-0.25, -0.2) is 0 Å². The zero-order chi connectivity index (χ0) is 13.6. The fourth-order valence-electron chi connectivity index (χ4n) is 5.55. The third kappa shape index (κ3) is 2.31. The minimum atomic E-state index is -0.0759. The first-order valence-corrected chi connectivity index (χ1v) is 8.00. The first-order valence-electron chi connectivity index (χ1n) is 8.00. The summed E-state index contributed by atoms with van der Waals surface area (Å²) >= 11 is 0. The standard InChI is InChI=1S/C16H28N2O/c1-10(15(19)17-3)18-11(2)16-7-12-4-13(8-16)6-14(5-12)9-16/h10-14,18H,4-9H2,1-3H3,(H,17,19)/t10-,11+,12?,13?,14?,16?/m0/s1. The molecular formula is C16H28N2O. The number of rotatable bonds is 4. The van der Waals surface area contributed by atoms with Crippen LogP contribution >= 0.6 is 0 Å². The fraction of sp³-hybridized carbons (Fsp3) is 0.938. The molecule has 19 heavy (non-hydrogen) atoms. The molecule has 0 unspecified atom stereocenters. The van der Waals surface area contributed by atoms with Gasteiger partial charge < -0.3 is 10.6 Å². The molecule has 4 aliphatic rings. The van der Waals surface area contributed by atoms with Crippen LogP contribution in [0.15, 0.2) is 0 Å². The lowest BCUT2D eigenvalue weighted by atomic mass is 9.48. The van der Waals surface area contributed by atoms with Crippen molar-refractivity contribution in [3.8, 4) is 0 Å². The summed E-state index contributed by atoms with van der Waals surface area (Å²) in [6, 6.07) is 0.390. The highest BCUT2D eigenvalue weighted by atomic mass is 16.2. The van der Waals surface area contributed by atoms with Gasteiger partial charge in [-0.05, 0) is 75.5 Å². The van der Waals surface area contributed by atoms with E-state index in [9.17, 15) is 4.79 Å². The predicted molar refractivity (Wildman–Crippen MR) is 76.7 cm³/mol. The first-order chi connectivity index (χ1) is 9.02. The van der Waals surface area contributed by atoms with Crippen LogP contribution in [0.25, 0.3) is 0 Å². The van der Waals surface area contributed by atoms with Crippen molar-refractivity contribution >= 4 is 5.91 Å². The van der Waals surface area contributed by atoms with Crippen LogP contribution in [0.1, 0.15) is 52.4 Å². The molecule has 3 nitrogen and oxygen atoms in total. The maximum Gasteiger partial charge on any atom is 0.236 e. The summed E-state index contributed by atoms with van der Waals surface area (Å²) in [7, 11) is 1.72. The Morgan fingerprint density at radius 3 is 1.95 bits per heavy atom. The van der Waals surface area contributed by atoms with Crippen LogP contribution in [0, 0.1) is 23.2 Å². The quantitative estimate of drug-likeness (QED) is 0.818. The molecule has 0 spiro atoms. The molecule has 0 aliphatic heterocycles. The van der Waals surface area contributed by atoms with Gasteiger partial charge in [0, 0.05) is 13.1 Å². The van der Waals surface area contributed by atoms with Crippen LogP contribution in [-0.4, -0.2) is 25.0 Å². The maximum absolute atomic E-state index is 11.7. The molecule has 108 valence electrons. The van der Waals surface area contributed by atoms with Crippen molar-refractivity contribution in [3.63, 3.8) is 0 Å². The second-order valence-electron chi connectivity index (χ2n) is 7.50. The number of hydrogen-bond acceptors (Lipinski definition) is 2. The molecule has 4 fully saturated rings. The zero-order valence-corrected chi connectivity index (χ0v) is 12.5. The molecule has 4 bridgehead atoms. The third-order valence-corrected chi connectivity index (χ3v) is 6.14. The summed E-state index contributed by atoms with van der Waals surface area (Å²) in [5.41, 5.74) is 0.483. The van der Waals surface area contributed by atoms with E-state index >= 15 is 0 Å². The molecule has 4 saturated carbocycles. The van der Waals surface area contributed by atoms with Gasteiger partial charge in [0.1, 0.15) is 0 Å². The lowest BCUT2D eigenvalue weighted by molar-refractivity contribution is -0.123. The van der Waals surface area contributed by atoms with Gasteiger partial charge in [-0.1, -0.05) is 0 Å². The Kier molecular flexibility index (Phi) is 3.36. The molecule has 0 aromatic rings. The van der Waals surface area contributed by atoms with Crippen LogP contribution in [0.2, 0.25) is 0 Å². The lowest BCUT2D eigenvalue weighted by Crippen LogP contribution is -2.57. The number of likely N-dealkylation sites (N-methyl/N-ethyl adjacent to an activating group) is 1. The van der Waals surface area contributed by atoms with Gasteiger partial charge in [0.15, 0.2) is 0 Å². The Balaban J connectivity index is 1.69. The van der Waals surface area contributed by atoms with E-state index < -0.39 is 0 Å². The van der Waals surface area contributed by atoms with Crippen LogP contribution < -0.4 is 10.6 Å². The molecule has 0 aromatic carbocycles. The average molecular weight is 264 g/mol. The van der Waals surface area contributed by atoms with Crippen LogP contribution in [0.5, 0.6) is 0 Å². The van der Waals surface area contributed by atoms with Gasteiger partial charge in [0.05, 0.1) is 6.04 Å². The molecule has 2 N–H and O–H groups in total. The Hall–Kier alpha value is -0.570. The number of amides is 1. The van der Waals surface area contributed by atoms with Crippen molar-refractivity contribution in [2.24, 2.45) is 23.2 Å². The number of nitrogens with one attached hydrogen (secondary N) is 2. The highest BCUT2D eigenvalue weighted by molar-refractivity contribution is 5.80. The molecule has 3 heteroatoms. The van der Waals surface area contributed by atoms with Crippen molar-refractivity contribution in [1.82, 2.24) is 10.6 Å². The second-order valence-corrected chi connectivity index (χ2v) is 7.50. The Morgan fingerprint density at radius 1 is 1.05 bits per heavy atom. The molecule has 0 heterocycles. The van der Waals surface area contributed by atoms with E-state index in [0.717, 1.165) is 17.8 Å². The molecular weight excluding hydrogens is 236 g/mol. The summed E-state index contributed by atoms with van der Waals surface area (Å²) < 4.78 is 0. The Labute approximate surface area is 116 Å². The molecule has 0 saturated heterocycles. The number of carbonyl (C=O) groups excluding carboxylic acids is 1. The smallest absolute Gasteiger partial charge is 0.236 e. The van der Waals surface area contributed by atoms with Crippen LogP contribution in [0.4, 0.5) is 0 Å². The average Bonchev–Trinajstić information content (AvgIpc) is 2.36. The predicted octanol–water partition coefficient (Wildman–Crippen LogP) is 2.32. The monoisotopic (exact) mass is 264 g/mol. The van der Waals surface area contributed by atoms with Gasteiger partial charge >= 0.3 is 0 Å². The highest BCUT2D eigenvalue weighted by Crippen LogP contribution is 2.61. The SMILES string of the molecule is CNC(=O)[C@H](C)N[C@H](C)C12CC3CC(CC(C3)C1)C2. The summed E-state index contributed by atoms with van der Waals surface area (Å²) in [4.78, 5) is 11.7. The van der Waals surface area contributed by atoms with E-state index in [-0.39, 0.29) is 11.9 Å². The van der Waals surface area contributed by atoms with Gasteiger partial charge in [0.25, 0.3) is 0 Å². The van der Waals surface area contributed by atoms with Crippen molar-refractivity contribution in [2.45, 2.75) is 64.5 Å². The van der Waals surface area contributed by atoms with Gasteiger partial charge in [0.2, 0.25) is 5.91 Å². The molecule has 1 amide bonds. The molecule has 0 aromatic heterocycles. The topological polar surface area (TPSA) is 41.1 Å². The number of hydrogen-bond donors (Lipinski definition) is 2. The summed E-state index contributed by atoms with van der Waals surface area (Å²) in [6.07, 6.45) is 8.64. The Bertz CT molecular complexity index is 330. The minimum absolute atomic E-state index is 0.0759. The van der Waals surface area contributed by atoms with Gasteiger partial charge in [-0.15, -0.1) is 0 Å². The second kappa shape index (κ2) is 4.76. The molecule has 4 aliphatic carbocycles. The van der Waals surface area contributed by atoms with E-state index in [2.05, 4.69) is 17.6 Å². The molecule has 4 rings (SSSR count). The van der Waals surface area contributed by atoms with Crippen molar-refractivity contribution in [2.75, 3.05) is 7.05 Å². The summed E-state index contributed by atoms with van der Waals surface area (Å²) in [5, 5.41) is 6.32. The van der Waals surface area contributed by atoms with Gasteiger partial charge in [-0.2, -0.15) is 0 Å².